The van der Waals surface area contributed by atoms with Crippen LogP contribution in [0.15, 0.2) is 24.3 Å². The van der Waals surface area contributed by atoms with Crippen molar-refractivity contribution >= 4 is 11.9 Å². The Bertz CT molecular complexity index is 403. The van der Waals surface area contributed by atoms with E-state index >= 15 is 0 Å². The molecule has 0 fully saturated rings. The van der Waals surface area contributed by atoms with Gasteiger partial charge in [0.15, 0.2) is 0 Å². The molecule has 0 radical (unpaired) electrons. The molecule has 0 heterocycles. The summed E-state index contributed by atoms with van der Waals surface area (Å²) in [4.78, 5) is 21.7. The summed E-state index contributed by atoms with van der Waals surface area (Å²) in [7, 11) is 1.33. The van der Waals surface area contributed by atoms with Crippen molar-refractivity contribution in [2.24, 2.45) is 0 Å². The van der Waals surface area contributed by atoms with E-state index in [-0.39, 0.29) is 12.4 Å². The molecule has 0 saturated heterocycles. The second-order valence-electron chi connectivity index (χ2n) is 3.47. The molecule has 1 aromatic carbocycles. The molecule has 1 rings (SSSR count). The summed E-state index contributed by atoms with van der Waals surface area (Å²) in [5.41, 5.74) is 1.29. The molecule has 0 aliphatic heterocycles. The molecule has 92 valence electrons. The molecule has 0 aliphatic rings. The van der Waals surface area contributed by atoms with Crippen molar-refractivity contribution in [1.29, 1.82) is 0 Å². The Morgan fingerprint density at radius 2 is 2.06 bits per heavy atom. The number of carbonyl (C=O) groups is 2. The molecule has 0 bridgehead atoms. The number of carboxylic acids is 1. The number of hydrogen-bond acceptors (Lipinski definition) is 4. The van der Waals surface area contributed by atoms with E-state index in [1.807, 2.05) is 6.07 Å². The summed E-state index contributed by atoms with van der Waals surface area (Å²) in [6.45, 7) is 0.809. The maximum atomic E-state index is 11.4. The second kappa shape index (κ2) is 6.65. The number of ether oxygens (including phenoxy) is 1. The van der Waals surface area contributed by atoms with Crippen molar-refractivity contribution < 1.29 is 19.4 Å². The highest BCUT2D eigenvalue weighted by Gasteiger charge is 2.10. The Labute approximate surface area is 99.4 Å². The quantitative estimate of drug-likeness (QED) is 0.571. The first-order valence-corrected chi connectivity index (χ1v) is 5.24. The third kappa shape index (κ3) is 4.24. The summed E-state index contributed by atoms with van der Waals surface area (Å²) in [6.07, 6.45) is 0.0559. The first-order valence-electron chi connectivity index (χ1n) is 5.24. The third-order valence-electron chi connectivity index (χ3n) is 2.25. The van der Waals surface area contributed by atoms with Crippen LogP contribution >= 0.6 is 0 Å². The lowest BCUT2D eigenvalue weighted by molar-refractivity contribution is -0.136. The number of nitrogens with one attached hydrogen (secondary N) is 1. The highest BCUT2D eigenvalue weighted by atomic mass is 16.5. The summed E-state index contributed by atoms with van der Waals surface area (Å²) in [5.74, 6) is -1.24. The van der Waals surface area contributed by atoms with Gasteiger partial charge in [-0.05, 0) is 11.6 Å². The lowest BCUT2D eigenvalue weighted by atomic mass is 10.1. The van der Waals surface area contributed by atoms with Gasteiger partial charge in [0.2, 0.25) is 0 Å². The number of benzene rings is 1. The fraction of sp³-hybridized carbons (Fsp3) is 0.333. The average Bonchev–Trinajstić information content (AvgIpc) is 2.34. The number of rotatable bonds is 6. The zero-order valence-electron chi connectivity index (χ0n) is 9.60. The van der Waals surface area contributed by atoms with Crippen LogP contribution in [0.2, 0.25) is 0 Å². The molecule has 0 aliphatic carbocycles. The van der Waals surface area contributed by atoms with Crippen LogP contribution in [-0.4, -0.2) is 30.7 Å². The molecule has 0 unspecified atom stereocenters. The predicted molar refractivity (Wildman–Crippen MR) is 61.7 cm³/mol. The van der Waals surface area contributed by atoms with Gasteiger partial charge in [0.1, 0.15) is 0 Å². The molecule has 2 N–H and O–H groups in total. The van der Waals surface area contributed by atoms with Crippen molar-refractivity contribution in [3.05, 3.63) is 35.4 Å². The van der Waals surface area contributed by atoms with Gasteiger partial charge in [-0.15, -0.1) is 0 Å². The highest BCUT2D eigenvalue weighted by Crippen LogP contribution is 2.09. The van der Waals surface area contributed by atoms with E-state index in [9.17, 15) is 9.59 Å². The van der Waals surface area contributed by atoms with Crippen LogP contribution in [0.3, 0.4) is 0 Å². The van der Waals surface area contributed by atoms with Gasteiger partial charge in [-0.3, -0.25) is 4.79 Å². The van der Waals surface area contributed by atoms with Crippen LogP contribution in [0.1, 0.15) is 22.3 Å². The van der Waals surface area contributed by atoms with Gasteiger partial charge in [-0.25, -0.2) is 4.79 Å². The van der Waals surface area contributed by atoms with Gasteiger partial charge in [-0.1, -0.05) is 18.2 Å². The number of methoxy groups -OCH3 is 1. The molecule has 17 heavy (non-hydrogen) atoms. The zero-order chi connectivity index (χ0) is 12.7. The largest absolute Gasteiger partial charge is 0.481 e. The normalized spacial score (nSPS) is 9.94. The number of carboxylic acid groups (broad SMARTS) is 1. The molecular weight excluding hydrogens is 222 g/mol. The molecule has 0 aromatic heterocycles. The topological polar surface area (TPSA) is 75.6 Å². The monoisotopic (exact) mass is 237 g/mol. The van der Waals surface area contributed by atoms with Crippen LogP contribution in [-0.2, 0) is 16.1 Å². The molecule has 0 saturated carbocycles. The summed E-state index contributed by atoms with van der Waals surface area (Å²) >= 11 is 0. The minimum Gasteiger partial charge on any atom is -0.481 e. The first-order chi connectivity index (χ1) is 8.15. The molecule has 5 nitrogen and oxygen atoms in total. The smallest absolute Gasteiger partial charge is 0.338 e. The van der Waals surface area contributed by atoms with Crippen LogP contribution in [0.5, 0.6) is 0 Å². The maximum Gasteiger partial charge on any atom is 0.338 e. The Morgan fingerprint density at radius 1 is 1.35 bits per heavy atom. The van der Waals surface area contributed by atoms with Crippen LogP contribution < -0.4 is 5.32 Å². The SMILES string of the molecule is COC(=O)c1ccccc1CNCCC(=O)O. The van der Waals surface area contributed by atoms with E-state index < -0.39 is 5.97 Å². The fourth-order valence-electron chi connectivity index (χ4n) is 1.40. The minimum atomic E-state index is -0.848. The van der Waals surface area contributed by atoms with Gasteiger partial charge in [0, 0.05) is 13.1 Å². The van der Waals surface area contributed by atoms with Crippen LogP contribution in [0.4, 0.5) is 0 Å². The van der Waals surface area contributed by atoms with Crippen molar-refractivity contribution in [2.45, 2.75) is 13.0 Å². The van der Waals surface area contributed by atoms with E-state index in [0.29, 0.717) is 18.7 Å². The van der Waals surface area contributed by atoms with Gasteiger partial charge >= 0.3 is 11.9 Å². The van der Waals surface area contributed by atoms with E-state index in [4.69, 9.17) is 5.11 Å². The molecule has 0 spiro atoms. The number of esters is 1. The minimum absolute atomic E-state index is 0.0559. The van der Waals surface area contributed by atoms with Crippen LogP contribution in [0.25, 0.3) is 0 Å². The Balaban J connectivity index is 2.58. The average molecular weight is 237 g/mol. The van der Waals surface area contributed by atoms with Crippen molar-refractivity contribution in [3.63, 3.8) is 0 Å². The Morgan fingerprint density at radius 3 is 2.71 bits per heavy atom. The van der Waals surface area contributed by atoms with Gasteiger partial charge in [-0.2, -0.15) is 0 Å². The standard InChI is InChI=1S/C12H15NO4/c1-17-12(16)10-5-3-2-4-9(10)8-13-7-6-11(14)15/h2-5,13H,6-8H2,1H3,(H,14,15). The second-order valence-corrected chi connectivity index (χ2v) is 3.47. The fourth-order valence-corrected chi connectivity index (χ4v) is 1.40. The summed E-state index contributed by atoms with van der Waals surface area (Å²) in [5, 5.41) is 11.4. The van der Waals surface area contributed by atoms with Crippen molar-refractivity contribution in [3.8, 4) is 0 Å². The summed E-state index contributed by atoms with van der Waals surface area (Å²) < 4.78 is 4.66. The lowest BCUT2D eigenvalue weighted by Crippen LogP contribution is -2.19. The number of hydrogen-bond donors (Lipinski definition) is 2. The molecule has 0 amide bonds. The van der Waals surface area contributed by atoms with E-state index in [1.54, 1.807) is 18.2 Å². The molecule has 1 aromatic rings. The number of carbonyl (C=O) groups excluding carboxylic acids is 1. The number of aliphatic carboxylic acids is 1. The first kappa shape index (κ1) is 13.2. The Kier molecular flexibility index (Phi) is 5.16. The molecule has 5 heteroatoms. The van der Waals surface area contributed by atoms with E-state index in [1.165, 1.54) is 7.11 Å². The zero-order valence-corrected chi connectivity index (χ0v) is 9.60. The maximum absolute atomic E-state index is 11.4. The third-order valence-corrected chi connectivity index (χ3v) is 2.25. The highest BCUT2D eigenvalue weighted by molar-refractivity contribution is 5.90. The summed E-state index contributed by atoms with van der Waals surface area (Å²) in [6, 6.07) is 7.06. The molecular formula is C12H15NO4. The van der Waals surface area contributed by atoms with Crippen molar-refractivity contribution in [1.82, 2.24) is 5.32 Å². The predicted octanol–water partition coefficient (Wildman–Crippen LogP) is 1.04. The van der Waals surface area contributed by atoms with Crippen molar-refractivity contribution in [2.75, 3.05) is 13.7 Å². The van der Waals surface area contributed by atoms with E-state index in [2.05, 4.69) is 10.1 Å². The van der Waals surface area contributed by atoms with Gasteiger partial charge in [0.05, 0.1) is 19.1 Å². The van der Waals surface area contributed by atoms with Gasteiger partial charge in [0.25, 0.3) is 0 Å². The van der Waals surface area contributed by atoms with E-state index in [0.717, 1.165) is 5.56 Å². The molecule has 0 atom stereocenters. The van der Waals surface area contributed by atoms with Gasteiger partial charge < -0.3 is 15.2 Å². The van der Waals surface area contributed by atoms with Crippen LogP contribution in [0, 0.1) is 0 Å². The lowest BCUT2D eigenvalue weighted by Gasteiger charge is -2.08. The Hall–Kier alpha value is -1.88.